The van der Waals surface area contributed by atoms with E-state index in [4.69, 9.17) is 9.73 Å². The molecular weight excluding hydrogens is 493 g/mol. The van der Waals surface area contributed by atoms with Crippen LogP contribution >= 0.6 is 24.0 Å². The molecule has 2 aliphatic heterocycles. The molecule has 0 bridgehead atoms. The molecule has 166 valence electrons. The number of ether oxygens (including phenoxy) is 1. The third-order valence-corrected chi connectivity index (χ3v) is 4.73. The van der Waals surface area contributed by atoms with Gasteiger partial charge in [-0.1, -0.05) is 24.3 Å². The van der Waals surface area contributed by atoms with Crippen LogP contribution < -0.4 is 15.5 Å². The van der Waals surface area contributed by atoms with Crippen molar-refractivity contribution < 1.29 is 9.53 Å². The van der Waals surface area contributed by atoms with Crippen LogP contribution in [0.1, 0.15) is 33.3 Å². The summed E-state index contributed by atoms with van der Waals surface area (Å²) < 4.78 is 5.41. The van der Waals surface area contributed by atoms with Crippen LogP contribution in [0.5, 0.6) is 0 Å². The number of amides is 1. The summed E-state index contributed by atoms with van der Waals surface area (Å²) in [5, 5.41) is 6.70. The highest BCUT2D eigenvalue weighted by Gasteiger charge is 2.34. The summed E-state index contributed by atoms with van der Waals surface area (Å²) in [5.41, 5.74) is 1.94. The molecule has 1 fully saturated rings. The zero-order valence-electron chi connectivity index (χ0n) is 18.4. The Hall–Kier alpha value is -1.97. The number of guanidine groups is 1. The van der Waals surface area contributed by atoms with Gasteiger partial charge in [0.1, 0.15) is 5.60 Å². The average Bonchev–Trinajstić information content (AvgIpc) is 3.15. The van der Waals surface area contributed by atoms with Gasteiger partial charge in [-0.15, -0.1) is 24.0 Å². The van der Waals surface area contributed by atoms with Crippen molar-refractivity contribution in [2.45, 2.75) is 45.9 Å². The second kappa shape index (κ2) is 10.9. The molecule has 0 spiro atoms. The number of nitrogens with one attached hydrogen (secondary N) is 2. The molecule has 3 rings (SSSR count). The Bertz CT molecular complexity index is 761. The molecule has 0 atom stereocenters. The third-order valence-electron chi connectivity index (χ3n) is 4.73. The van der Waals surface area contributed by atoms with E-state index in [-0.39, 0.29) is 36.1 Å². The highest BCUT2D eigenvalue weighted by atomic mass is 127. The standard InChI is InChI=1S/C22H33N5O2.HI/c1-5-23-20(25-18-15-27(16-18)21(28)29-22(2,3)4)24-14-17-9-8-10-19(13-17)26-11-6-7-12-26;/h6-10,13,18H,5,11-12,14-16H2,1-4H3,(H2,23,24,25);1H. The highest BCUT2D eigenvalue weighted by Crippen LogP contribution is 2.19. The fraction of sp³-hybridized carbons (Fsp3) is 0.545. The first-order chi connectivity index (χ1) is 13.8. The van der Waals surface area contributed by atoms with Crippen molar-refractivity contribution in [2.24, 2.45) is 4.99 Å². The smallest absolute Gasteiger partial charge is 0.410 e. The van der Waals surface area contributed by atoms with Gasteiger partial charge in [-0.05, 0) is 45.4 Å². The van der Waals surface area contributed by atoms with Crippen LogP contribution in [0, 0.1) is 0 Å². The fourth-order valence-corrected chi connectivity index (χ4v) is 3.27. The van der Waals surface area contributed by atoms with Crippen LogP contribution in [0.3, 0.4) is 0 Å². The third kappa shape index (κ3) is 7.07. The van der Waals surface area contributed by atoms with Gasteiger partial charge < -0.3 is 25.2 Å². The monoisotopic (exact) mass is 527 g/mol. The Balaban J connectivity index is 0.00000320. The molecule has 0 unspecified atom stereocenters. The largest absolute Gasteiger partial charge is 0.444 e. The van der Waals surface area contributed by atoms with Crippen molar-refractivity contribution in [1.29, 1.82) is 0 Å². The van der Waals surface area contributed by atoms with E-state index in [1.54, 1.807) is 4.90 Å². The Labute approximate surface area is 197 Å². The van der Waals surface area contributed by atoms with Gasteiger partial charge in [0.25, 0.3) is 0 Å². The second-order valence-electron chi connectivity index (χ2n) is 8.47. The van der Waals surface area contributed by atoms with E-state index >= 15 is 0 Å². The predicted octanol–water partition coefficient (Wildman–Crippen LogP) is 3.36. The first kappa shape index (κ1) is 24.3. The molecule has 2 aliphatic rings. The molecule has 0 radical (unpaired) electrons. The molecule has 8 heteroatoms. The maximum absolute atomic E-state index is 12.1. The zero-order chi connectivity index (χ0) is 20.9. The SMILES string of the molecule is CCNC(=NCc1cccc(N2CC=CC2)c1)NC1CN(C(=O)OC(C)(C)C)C1.I. The van der Waals surface area contributed by atoms with E-state index in [9.17, 15) is 4.79 Å². The molecule has 1 saturated heterocycles. The summed E-state index contributed by atoms with van der Waals surface area (Å²) in [6.45, 7) is 12.3. The number of carbonyl (C=O) groups is 1. The molecule has 30 heavy (non-hydrogen) atoms. The lowest BCUT2D eigenvalue weighted by Crippen LogP contribution is -2.63. The number of likely N-dealkylation sites (tertiary alicyclic amines) is 1. The summed E-state index contributed by atoms with van der Waals surface area (Å²) in [6.07, 6.45) is 4.12. The second-order valence-corrected chi connectivity index (χ2v) is 8.47. The van der Waals surface area contributed by atoms with Crippen LogP contribution in [-0.4, -0.2) is 61.3 Å². The van der Waals surface area contributed by atoms with E-state index in [0.29, 0.717) is 19.6 Å². The van der Waals surface area contributed by atoms with Crippen LogP contribution in [-0.2, 0) is 11.3 Å². The molecule has 7 nitrogen and oxygen atoms in total. The lowest BCUT2D eigenvalue weighted by atomic mass is 10.1. The maximum atomic E-state index is 12.1. The van der Waals surface area contributed by atoms with E-state index in [1.807, 2.05) is 27.7 Å². The Kier molecular flexibility index (Phi) is 8.81. The van der Waals surface area contributed by atoms with Crippen LogP contribution in [0.4, 0.5) is 10.5 Å². The number of aliphatic imine (C=N–C) groups is 1. The quantitative estimate of drug-likeness (QED) is 0.266. The van der Waals surface area contributed by atoms with Crippen molar-refractivity contribution >= 4 is 41.7 Å². The van der Waals surface area contributed by atoms with Crippen molar-refractivity contribution in [3.05, 3.63) is 42.0 Å². The molecular formula is C22H34IN5O2. The van der Waals surface area contributed by atoms with Gasteiger partial charge in [-0.2, -0.15) is 0 Å². The summed E-state index contributed by atoms with van der Waals surface area (Å²) in [7, 11) is 0. The van der Waals surface area contributed by atoms with Crippen molar-refractivity contribution in [1.82, 2.24) is 15.5 Å². The minimum atomic E-state index is -0.467. The minimum Gasteiger partial charge on any atom is -0.444 e. The number of benzene rings is 1. The molecule has 2 N–H and O–H groups in total. The van der Waals surface area contributed by atoms with Gasteiger partial charge in [0, 0.05) is 38.4 Å². The summed E-state index contributed by atoms with van der Waals surface area (Å²) >= 11 is 0. The lowest BCUT2D eigenvalue weighted by molar-refractivity contribution is 0.00701. The number of rotatable bonds is 5. The Morgan fingerprint density at radius 2 is 1.93 bits per heavy atom. The van der Waals surface area contributed by atoms with E-state index in [1.165, 1.54) is 11.3 Å². The summed E-state index contributed by atoms with van der Waals surface area (Å²) in [5.74, 6) is 0.773. The molecule has 0 saturated carbocycles. The van der Waals surface area contributed by atoms with Crippen molar-refractivity contribution in [2.75, 3.05) is 37.6 Å². The van der Waals surface area contributed by atoms with E-state index in [2.05, 4.69) is 52.0 Å². The van der Waals surface area contributed by atoms with E-state index in [0.717, 1.165) is 25.6 Å². The number of hydrogen-bond donors (Lipinski definition) is 2. The summed E-state index contributed by atoms with van der Waals surface area (Å²) in [4.78, 5) is 20.8. The highest BCUT2D eigenvalue weighted by molar-refractivity contribution is 14.0. The number of anilines is 1. The van der Waals surface area contributed by atoms with Gasteiger partial charge in [-0.25, -0.2) is 9.79 Å². The zero-order valence-corrected chi connectivity index (χ0v) is 20.7. The maximum Gasteiger partial charge on any atom is 0.410 e. The summed E-state index contributed by atoms with van der Waals surface area (Å²) in [6, 6.07) is 8.72. The van der Waals surface area contributed by atoms with E-state index < -0.39 is 5.60 Å². The fourth-order valence-electron chi connectivity index (χ4n) is 3.27. The minimum absolute atomic E-state index is 0. The first-order valence-corrected chi connectivity index (χ1v) is 10.4. The van der Waals surface area contributed by atoms with Crippen molar-refractivity contribution in [3.63, 3.8) is 0 Å². The van der Waals surface area contributed by atoms with Crippen molar-refractivity contribution in [3.8, 4) is 0 Å². The van der Waals surface area contributed by atoms with Gasteiger partial charge in [-0.3, -0.25) is 0 Å². The van der Waals surface area contributed by atoms with Gasteiger partial charge in [0.2, 0.25) is 0 Å². The molecule has 0 aliphatic carbocycles. The number of halogens is 1. The number of carbonyl (C=O) groups excluding carboxylic acids is 1. The lowest BCUT2D eigenvalue weighted by Gasteiger charge is -2.40. The Morgan fingerprint density at radius 1 is 1.23 bits per heavy atom. The predicted molar refractivity (Wildman–Crippen MR) is 133 cm³/mol. The molecule has 2 heterocycles. The first-order valence-electron chi connectivity index (χ1n) is 10.4. The Morgan fingerprint density at radius 3 is 2.57 bits per heavy atom. The van der Waals surface area contributed by atoms with Crippen LogP contribution in [0.25, 0.3) is 0 Å². The molecule has 1 aromatic rings. The van der Waals surface area contributed by atoms with Crippen LogP contribution in [0.15, 0.2) is 41.4 Å². The molecule has 0 aromatic heterocycles. The van der Waals surface area contributed by atoms with Gasteiger partial charge >= 0.3 is 6.09 Å². The van der Waals surface area contributed by atoms with Gasteiger partial charge in [0.15, 0.2) is 5.96 Å². The normalized spacial score (nSPS) is 16.7. The van der Waals surface area contributed by atoms with Gasteiger partial charge in [0.05, 0.1) is 12.6 Å². The number of hydrogen-bond acceptors (Lipinski definition) is 4. The van der Waals surface area contributed by atoms with Crippen LogP contribution in [0.2, 0.25) is 0 Å². The number of nitrogens with zero attached hydrogens (tertiary/aromatic N) is 3. The molecule has 1 aromatic carbocycles. The topological polar surface area (TPSA) is 69.2 Å². The molecule has 1 amide bonds. The average molecular weight is 527 g/mol.